The molecule has 0 aromatic carbocycles. The van der Waals surface area contributed by atoms with Crippen LogP contribution < -0.4 is 5.73 Å². The van der Waals surface area contributed by atoms with Crippen molar-refractivity contribution < 1.29 is 4.74 Å². The van der Waals surface area contributed by atoms with Gasteiger partial charge in [0.1, 0.15) is 0 Å². The van der Waals surface area contributed by atoms with Gasteiger partial charge >= 0.3 is 0 Å². The second-order valence-corrected chi connectivity index (χ2v) is 6.42. The zero-order chi connectivity index (χ0) is 13.6. The number of rotatable bonds is 7. The summed E-state index contributed by atoms with van der Waals surface area (Å²) in [5, 5.41) is 0. The molecule has 1 fully saturated rings. The molecule has 0 saturated heterocycles. The van der Waals surface area contributed by atoms with Crippen molar-refractivity contribution in [3.05, 3.63) is 0 Å². The molecule has 108 valence electrons. The lowest BCUT2D eigenvalue weighted by atomic mass is 9.73. The predicted octanol–water partition coefficient (Wildman–Crippen LogP) is 4.13. The van der Waals surface area contributed by atoms with Gasteiger partial charge in [0.2, 0.25) is 0 Å². The van der Waals surface area contributed by atoms with Crippen molar-refractivity contribution in [2.45, 2.75) is 84.3 Å². The molecule has 0 amide bonds. The second kappa shape index (κ2) is 7.49. The first kappa shape index (κ1) is 16.0. The SMILES string of the molecule is CCCC(C)CC(N)C1(OCC)CCC(C)CC1. The van der Waals surface area contributed by atoms with Crippen LogP contribution in [-0.2, 0) is 4.74 Å². The van der Waals surface area contributed by atoms with Gasteiger partial charge < -0.3 is 10.5 Å². The summed E-state index contributed by atoms with van der Waals surface area (Å²) in [4.78, 5) is 0. The van der Waals surface area contributed by atoms with Crippen molar-refractivity contribution in [3.63, 3.8) is 0 Å². The summed E-state index contributed by atoms with van der Waals surface area (Å²) in [6.07, 6.45) is 8.51. The van der Waals surface area contributed by atoms with E-state index in [9.17, 15) is 0 Å². The van der Waals surface area contributed by atoms with Gasteiger partial charge in [0.05, 0.1) is 5.60 Å². The molecule has 0 heterocycles. The van der Waals surface area contributed by atoms with E-state index in [1.54, 1.807) is 0 Å². The summed E-state index contributed by atoms with van der Waals surface area (Å²) in [6, 6.07) is 0.214. The maximum Gasteiger partial charge on any atom is 0.0832 e. The predicted molar refractivity (Wildman–Crippen MR) is 78.7 cm³/mol. The molecular formula is C16H33NO. The Balaban J connectivity index is 2.59. The van der Waals surface area contributed by atoms with Gasteiger partial charge in [0.25, 0.3) is 0 Å². The minimum absolute atomic E-state index is 0.0245. The van der Waals surface area contributed by atoms with Crippen LogP contribution in [0.15, 0.2) is 0 Å². The summed E-state index contributed by atoms with van der Waals surface area (Å²) < 4.78 is 6.13. The third-order valence-electron chi connectivity index (χ3n) is 4.67. The fourth-order valence-corrected chi connectivity index (χ4v) is 3.42. The van der Waals surface area contributed by atoms with Crippen LogP contribution in [0.3, 0.4) is 0 Å². The summed E-state index contributed by atoms with van der Waals surface area (Å²) in [5.41, 5.74) is 6.50. The highest BCUT2D eigenvalue weighted by molar-refractivity contribution is 4.95. The largest absolute Gasteiger partial charge is 0.374 e. The Morgan fingerprint density at radius 3 is 2.39 bits per heavy atom. The van der Waals surface area contributed by atoms with E-state index in [-0.39, 0.29) is 11.6 Å². The fourth-order valence-electron chi connectivity index (χ4n) is 3.42. The van der Waals surface area contributed by atoms with Gasteiger partial charge in [0, 0.05) is 12.6 Å². The second-order valence-electron chi connectivity index (χ2n) is 6.42. The monoisotopic (exact) mass is 255 g/mol. The van der Waals surface area contributed by atoms with E-state index in [0.717, 1.165) is 37.7 Å². The third-order valence-corrected chi connectivity index (χ3v) is 4.67. The van der Waals surface area contributed by atoms with Crippen molar-refractivity contribution in [1.82, 2.24) is 0 Å². The lowest BCUT2D eigenvalue weighted by molar-refractivity contribution is -0.0921. The maximum atomic E-state index is 6.52. The Morgan fingerprint density at radius 1 is 1.28 bits per heavy atom. The number of ether oxygens (including phenoxy) is 1. The minimum Gasteiger partial charge on any atom is -0.374 e. The normalized spacial score (nSPS) is 32.2. The smallest absolute Gasteiger partial charge is 0.0832 e. The molecule has 18 heavy (non-hydrogen) atoms. The molecule has 2 heteroatoms. The molecule has 0 aromatic heterocycles. The molecule has 1 aliphatic carbocycles. The molecular weight excluding hydrogens is 222 g/mol. The number of hydrogen-bond acceptors (Lipinski definition) is 2. The summed E-state index contributed by atoms with van der Waals surface area (Å²) in [6.45, 7) is 9.82. The molecule has 0 bridgehead atoms. The van der Waals surface area contributed by atoms with Gasteiger partial charge in [-0.3, -0.25) is 0 Å². The Hall–Kier alpha value is -0.0800. The molecule has 1 saturated carbocycles. The first-order valence-electron chi connectivity index (χ1n) is 7.93. The van der Waals surface area contributed by atoms with Crippen LogP contribution in [0.4, 0.5) is 0 Å². The highest BCUT2D eigenvalue weighted by atomic mass is 16.5. The molecule has 1 rings (SSSR count). The molecule has 0 spiro atoms. The maximum absolute atomic E-state index is 6.52. The van der Waals surface area contributed by atoms with E-state index in [1.807, 2.05) is 0 Å². The molecule has 0 radical (unpaired) electrons. The molecule has 2 unspecified atom stereocenters. The Morgan fingerprint density at radius 2 is 1.89 bits per heavy atom. The van der Waals surface area contributed by atoms with Gasteiger partial charge in [-0.1, -0.05) is 33.6 Å². The van der Waals surface area contributed by atoms with Crippen LogP contribution in [0.25, 0.3) is 0 Å². The van der Waals surface area contributed by atoms with Crippen molar-refractivity contribution in [3.8, 4) is 0 Å². The third kappa shape index (κ3) is 4.24. The van der Waals surface area contributed by atoms with Gasteiger partial charge in [-0.05, 0) is 50.9 Å². The fraction of sp³-hybridized carbons (Fsp3) is 1.00. The van der Waals surface area contributed by atoms with Gasteiger partial charge in [-0.2, -0.15) is 0 Å². The van der Waals surface area contributed by atoms with E-state index in [2.05, 4.69) is 27.7 Å². The lowest BCUT2D eigenvalue weighted by Gasteiger charge is -2.44. The van der Waals surface area contributed by atoms with Crippen LogP contribution in [0.1, 0.15) is 72.6 Å². The van der Waals surface area contributed by atoms with E-state index in [0.29, 0.717) is 0 Å². The standard InChI is InChI=1S/C16H33NO/c1-5-7-14(4)12-15(17)16(18-6-2)10-8-13(3)9-11-16/h13-15H,5-12,17H2,1-4H3. The van der Waals surface area contributed by atoms with Crippen LogP contribution in [0, 0.1) is 11.8 Å². The van der Waals surface area contributed by atoms with Crippen LogP contribution >= 0.6 is 0 Å². The quantitative estimate of drug-likeness (QED) is 0.742. The van der Waals surface area contributed by atoms with Crippen molar-refractivity contribution in [2.24, 2.45) is 17.6 Å². The highest BCUT2D eigenvalue weighted by Crippen LogP contribution is 2.38. The molecule has 2 atom stereocenters. The highest BCUT2D eigenvalue weighted by Gasteiger charge is 2.40. The Bertz CT molecular complexity index is 221. The Labute approximate surface area is 114 Å². The van der Waals surface area contributed by atoms with E-state index < -0.39 is 0 Å². The first-order valence-corrected chi connectivity index (χ1v) is 7.93. The van der Waals surface area contributed by atoms with Crippen molar-refractivity contribution >= 4 is 0 Å². The zero-order valence-electron chi connectivity index (χ0n) is 12.9. The van der Waals surface area contributed by atoms with Crippen molar-refractivity contribution in [2.75, 3.05) is 6.61 Å². The van der Waals surface area contributed by atoms with E-state index >= 15 is 0 Å². The summed E-state index contributed by atoms with van der Waals surface area (Å²) >= 11 is 0. The topological polar surface area (TPSA) is 35.2 Å². The van der Waals surface area contributed by atoms with Gasteiger partial charge in [0.15, 0.2) is 0 Å². The van der Waals surface area contributed by atoms with Crippen LogP contribution in [-0.4, -0.2) is 18.2 Å². The van der Waals surface area contributed by atoms with Gasteiger partial charge in [-0.25, -0.2) is 0 Å². The summed E-state index contributed by atoms with van der Waals surface area (Å²) in [7, 11) is 0. The van der Waals surface area contributed by atoms with E-state index in [4.69, 9.17) is 10.5 Å². The van der Waals surface area contributed by atoms with Crippen LogP contribution in [0.2, 0.25) is 0 Å². The first-order chi connectivity index (χ1) is 8.54. The Kier molecular flexibility index (Phi) is 6.65. The molecule has 0 aliphatic heterocycles. The van der Waals surface area contributed by atoms with Gasteiger partial charge in [-0.15, -0.1) is 0 Å². The minimum atomic E-state index is -0.0245. The lowest BCUT2D eigenvalue weighted by Crippen LogP contribution is -2.52. The summed E-state index contributed by atoms with van der Waals surface area (Å²) in [5.74, 6) is 1.57. The molecule has 2 nitrogen and oxygen atoms in total. The molecule has 1 aliphatic rings. The number of nitrogens with two attached hydrogens (primary N) is 1. The van der Waals surface area contributed by atoms with Crippen molar-refractivity contribution in [1.29, 1.82) is 0 Å². The zero-order valence-corrected chi connectivity index (χ0v) is 12.9. The average Bonchev–Trinajstić information content (AvgIpc) is 2.33. The number of hydrogen-bond donors (Lipinski definition) is 1. The van der Waals surface area contributed by atoms with Crippen LogP contribution in [0.5, 0.6) is 0 Å². The molecule has 0 aromatic rings. The van der Waals surface area contributed by atoms with E-state index in [1.165, 1.54) is 25.7 Å². The molecule has 2 N–H and O–H groups in total. The average molecular weight is 255 g/mol.